The van der Waals surface area contributed by atoms with Crippen LogP contribution in [-0.4, -0.2) is 55.8 Å². The van der Waals surface area contributed by atoms with E-state index in [0.717, 1.165) is 21.5 Å². The predicted molar refractivity (Wildman–Crippen MR) is 180 cm³/mol. The first-order valence-corrected chi connectivity index (χ1v) is 16.4. The van der Waals surface area contributed by atoms with E-state index in [-0.39, 0.29) is 46.7 Å². The van der Waals surface area contributed by atoms with Crippen molar-refractivity contribution in [3.05, 3.63) is 130 Å². The number of carbonyl (C=O) groups excluding carboxylic acids is 2. The Morgan fingerprint density at radius 2 is 1.49 bits per heavy atom. The van der Waals surface area contributed by atoms with Gasteiger partial charge in [0.25, 0.3) is 15.7 Å². The second kappa shape index (κ2) is 15.4. The largest absolute Gasteiger partial charge is 0.497 e. The van der Waals surface area contributed by atoms with E-state index >= 15 is 0 Å². The molecule has 4 aromatic carbocycles. The maximum Gasteiger partial charge on any atom is 0.273 e. The van der Waals surface area contributed by atoms with Crippen molar-refractivity contribution in [1.29, 1.82) is 0 Å². The van der Waals surface area contributed by atoms with Crippen LogP contribution in [0.2, 0.25) is 0 Å². The SMILES string of the molecule is COc1ccc(N(CC(=O)N(Cc2ccccc2)[C@@H](Cc2ccccc2)C(=O)NC(C)C)S(=O)(=O)c2ccc(C)c([N+](=O)[O-])c2)cc1. The number of anilines is 1. The molecule has 0 radical (unpaired) electrons. The number of carbonyl (C=O) groups is 2. The molecule has 0 bridgehead atoms. The van der Waals surface area contributed by atoms with E-state index in [4.69, 9.17) is 4.74 Å². The standard InChI is InChI=1S/C35H38N4O7S/c1-25(2)36-35(41)33(21-27-11-7-5-8-12-27)37(23-28-13-9-6-10-14-28)34(40)24-38(29-16-18-30(46-4)19-17-29)47(44,45)31-20-15-26(3)32(22-31)39(42)43/h5-20,22,25,33H,21,23-24H2,1-4H3,(H,36,41)/t33-/m0/s1. The third-order valence-electron chi connectivity index (χ3n) is 7.50. The van der Waals surface area contributed by atoms with Gasteiger partial charge in [0, 0.05) is 30.6 Å². The van der Waals surface area contributed by atoms with Crippen LogP contribution < -0.4 is 14.4 Å². The lowest BCUT2D eigenvalue weighted by atomic mass is 10.0. The van der Waals surface area contributed by atoms with Crippen LogP contribution in [0.15, 0.2) is 108 Å². The lowest BCUT2D eigenvalue weighted by molar-refractivity contribution is -0.385. The first kappa shape index (κ1) is 34.6. The predicted octanol–water partition coefficient (Wildman–Crippen LogP) is 5.27. The zero-order valence-corrected chi connectivity index (χ0v) is 27.5. The van der Waals surface area contributed by atoms with Gasteiger partial charge in [-0.25, -0.2) is 8.42 Å². The van der Waals surface area contributed by atoms with Gasteiger partial charge in [-0.1, -0.05) is 66.7 Å². The minimum Gasteiger partial charge on any atom is -0.497 e. The van der Waals surface area contributed by atoms with Crippen molar-refractivity contribution in [2.75, 3.05) is 18.0 Å². The molecule has 12 heteroatoms. The fourth-order valence-corrected chi connectivity index (χ4v) is 6.50. The minimum absolute atomic E-state index is 0.0230. The Kier molecular flexibility index (Phi) is 11.3. The van der Waals surface area contributed by atoms with E-state index in [1.54, 1.807) is 12.1 Å². The number of ether oxygens (including phenoxy) is 1. The Hall–Kier alpha value is -5.23. The molecule has 0 spiro atoms. The van der Waals surface area contributed by atoms with Gasteiger partial charge in [0.05, 0.1) is 22.6 Å². The summed E-state index contributed by atoms with van der Waals surface area (Å²) < 4.78 is 34.7. The molecule has 0 aliphatic rings. The molecular formula is C35H38N4O7S. The Bertz CT molecular complexity index is 1800. The molecule has 0 fully saturated rings. The molecule has 246 valence electrons. The molecule has 47 heavy (non-hydrogen) atoms. The van der Waals surface area contributed by atoms with Crippen LogP contribution >= 0.6 is 0 Å². The fourth-order valence-electron chi connectivity index (χ4n) is 5.07. The van der Waals surface area contributed by atoms with Crippen molar-refractivity contribution in [3.63, 3.8) is 0 Å². The Labute approximate surface area is 275 Å². The van der Waals surface area contributed by atoms with E-state index in [9.17, 15) is 28.1 Å². The molecule has 4 aromatic rings. The Morgan fingerprint density at radius 3 is 2.04 bits per heavy atom. The van der Waals surface area contributed by atoms with Crippen molar-refractivity contribution >= 4 is 33.2 Å². The number of nitro benzene ring substituents is 1. The highest BCUT2D eigenvalue weighted by molar-refractivity contribution is 7.92. The molecule has 0 unspecified atom stereocenters. The normalized spacial score (nSPS) is 11.9. The van der Waals surface area contributed by atoms with Crippen molar-refractivity contribution < 1.29 is 27.7 Å². The Balaban J connectivity index is 1.83. The number of aryl methyl sites for hydroxylation is 1. The van der Waals surface area contributed by atoms with Crippen LogP contribution in [0.5, 0.6) is 5.75 Å². The smallest absolute Gasteiger partial charge is 0.273 e. The average molecular weight is 659 g/mol. The summed E-state index contributed by atoms with van der Waals surface area (Å²) in [4.78, 5) is 40.3. The summed E-state index contributed by atoms with van der Waals surface area (Å²) >= 11 is 0. The van der Waals surface area contributed by atoms with Crippen LogP contribution in [0.25, 0.3) is 0 Å². The van der Waals surface area contributed by atoms with Gasteiger partial charge in [0.2, 0.25) is 11.8 Å². The van der Waals surface area contributed by atoms with Gasteiger partial charge >= 0.3 is 0 Å². The first-order chi connectivity index (χ1) is 22.4. The second-order valence-corrected chi connectivity index (χ2v) is 13.2. The fraction of sp³-hybridized carbons (Fsp3) is 0.257. The van der Waals surface area contributed by atoms with Crippen molar-refractivity contribution in [1.82, 2.24) is 10.2 Å². The zero-order chi connectivity index (χ0) is 34.1. The van der Waals surface area contributed by atoms with Gasteiger partial charge in [-0.3, -0.25) is 24.0 Å². The molecule has 0 saturated carbocycles. The first-order valence-electron chi connectivity index (χ1n) is 15.0. The number of rotatable bonds is 14. The van der Waals surface area contributed by atoms with Gasteiger partial charge in [-0.2, -0.15) is 0 Å². The highest BCUT2D eigenvalue weighted by Crippen LogP contribution is 2.30. The van der Waals surface area contributed by atoms with Gasteiger partial charge in [0.1, 0.15) is 18.3 Å². The summed E-state index contributed by atoms with van der Waals surface area (Å²) in [6.07, 6.45) is 0.178. The minimum atomic E-state index is -4.53. The molecule has 0 saturated heterocycles. The van der Waals surface area contributed by atoms with E-state index in [2.05, 4.69) is 5.32 Å². The van der Waals surface area contributed by atoms with Crippen LogP contribution in [0.3, 0.4) is 0 Å². The summed E-state index contributed by atoms with van der Waals surface area (Å²) in [5.41, 5.74) is 1.60. The number of hydrogen-bond donors (Lipinski definition) is 1. The number of amides is 2. The molecule has 0 aliphatic heterocycles. The number of nitrogens with one attached hydrogen (secondary N) is 1. The van der Waals surface area contributed by atoms with E-state index < -0.39 is 33.4 Å². The van der Waals surface area contributed by atoms with Crippen LogP contribution in [0, 0.1) is 17.0 Å². The van der Waals surface area contributed by atoms with Crippen molar-refractivity contribution in [2.24, 2.45) is 0 Å². The lowest BCUT2D eigenvalue weighted by Gasteiger charge is -2.34. The van der Waals surface area contributed by atoms with Crippen LogP contribution in [-0.2, 0) is 32.6 Å². The summed E-state index contributed by atoms with van der Waals surface area (Å²) in [6, 6.07) is 26.9. The number of sulfonamides is 1. The summed E-state index contributed by atoms with van der Waals surface area (Å²) in [7, 11) is -3.06. The number of nitro groups is 1. The van der Waals surface area contributed by atoms with Gasteiger partial charge in [-0.05, 0) is 62.2 Å². The van der Waals surface area contributed by atoms with Gasteiger partial charge in [-0.15, -0.1) is 0 Å². The monoisotopic (exact) mass is 658 g/mol. The topological polar surface area (TPSA) is 139 Å². The number of methoxy groups -OCH3 is 1. The third-order valence-corrected chi connectivity index (χ3v) is 9.27. The molecule has 2 amide bonds. The Morgan fingerprint density at radius 1 is 0.894 bits per heavy atom. The zero-order valence-electron chi connectivity index (χ0n) is 26.7. The van der Waals surface area contributed by atoms with Crippen molar-refractivity contribution in [3.8, 4) is 5.75 Å². The summed E-state index contributed by atoms with van der Waals surface area (Å²) in [5.74, 6) is -0.571. The quantitative estimate of drug-likeness (QED) is 0.144. The summed E-state index contributed by atoms with van der Waals surface area (Å²) in [6.45, 7) is 4.48. The number of nitrogens with zero attached hydrogens (tertiary/aromatic N) is 3. The molecule has 4 rings (SSSR count). The average Bonchev–Trinajstić information content (AvgIpc) is 3.05. The maximum atomic E-state index is 14.5. The van der Waals surface area contributed by atoms with Crippen LogP contribution in [0.4, 0.5) is 11.4 Å². The molecule has 1 N–H and O–H groups in total. The highest BCUT2D eigenvalue weighted by Gasteiger charge is 2.35. The second-order valence-electron chi connectivity index (χ2n) is 11.3. The highest BCUT2D eigenvalue weighted by atomic mass is 32.2. The van der Waals surface area contributed by atoms with E-state index in [1.165, 1.54) is 43.2 Å². The molecule has 0 aromatic heterocycles. The van der Waals surface area contributed by atoms with Crippen LogP contribution in [0.1, 0.15) is 30.5 Å². The maximum absolute atomic E-state index is 14.5. The third kappa shape index (κ3) is 8.73. The molecule has 0 heterocycles. The summed E-state index contributed by atoms with van der Waals surface area (Å²) in [5, 5.41) is 14.6. The van der Waals surface area contributed by atoms with E-state index in [0.29, 0.717) is 5.75 Å². The molecule has 11 nitrogen and oxygen atoms in total. The molecular weight excluding hydrogens is 620 g/mol. The van der Waals surface area contributed by atoms with E-state index in [1.807, 2.05) is 74.5 Å². The van der Waals surface area contributed by atoms with Gasteiger partial charge < -0.3 is 15.0 Å². The number of benzene rings is 4. The lowest BCUT2D eigenvalue weighted by Crippen LogP contribution is -2.54. The molecule has 1 atom stereocenters. The number of hydrogen-bond acceptors (Lipinski definition) is 7. The van der Waals surface area contributed by atoms with Crippen molar-refractivity contribution in [2.45, 2.75) is 50.7 Å². The molecule has 0 aliphatic carbocycles. The van der Waals surface area contributed by atoms with Gasteiger partial charge in [0.15, 0.2) is 0 Å².